The van der Waals surface area contributed by atoms with E-state index in [1.54, 1.807) is 6.07 Å². The minimum Gasteiger partial charge on any atom is -0.326 e. The van der Waals surface area contributed by atoms with Crippen LogP contribution in [0, 0.1) is 0 Å². The van der Waals surface area contributed by atoms with Crippen LogP contribution in [-0.4, -0.2) is 11.8 Å². The second-order valence-corrected chi connectivity index (χ2v) is 6.89. The molecule has 0 fully saturated rings. The summed E-state index contributed by atoms with van der Waals surface area (Å²) in [6, 6.07) is 13.0. The number of fused-ring (bicyclic) bond motifs is 1. The van der Waals surface area contributed by atoms with E-state index in [1.807, 2.05) is 50.2 Å². The van der Waals surface area contributed by atoms with Crippen molar-refractivity contribution in [3.05, 3.63) is 58.6 Å². The van der Waals surface area contributed by atoms with Crippen LogP contribution < -0.4 is 10.6 Å². The largest absolute Gasteiger partial charge is 0.326 e. The number of amides is 2. The third-order valence-corrected chi connectivity index (χ3v) is 4.74. The molecule has 1 aliphatic heterocycles. The van der Waals surface area contributed by atoms with Gasteiger partial charge in [-0.25, -0.2) is 0 Å². The molecule has 2 aromatic rings. The van der Waals surface area contributed by atoms with Gasteiger partial charge in [-0.15, -0.1) is 0 Å². The van der Waals surface area contributed by atoms with Gasteiger partial charge in [0.1, 0.15) is 0 Å². The van der Waals surface area contributed by atoms with Crippen LogP contribution in [0.5, 0.6) is 0 Å². The fourth-order valence-corrected chi connectivity index (χ4v) is 3.05. The van der Waals surface area contributed by atoms with Gasteiger partial charge in [-0.1, -0.05) is 29.8 Å². The number of rotatable bonds is 4. The summed E-state index contributed by atoms with van der Waals surface area (Å²) in [5, 5.41) is 6.42. The van der Waals surface area contributed by atoms with E-state index in [0.717, 1.165) is 16.8 Å². The monoisotopic (exact) mass is 342 g/mol. The Morgan fingerprint density at radius 3 is 2.71 bits per heavy atom. The first-order chi connectivity index (χ1) is 11.4. The molecule has 2 aromatic carbocycles. The average molecular weight is 343 g/mol. The van der Waals surface area contributed by atoms with Gasteiger partial charge in [-0.2, -0.15) is 0 Å². The number of hydrogen-bond donors (Lipinski definition) is 2. The lowest BCUT2D eigenvalue weighted by atomic mass is 9.86. The molecule has 1 heterocycles. The number of nitrogens with one attached hydrogen (secondary N) is 2. The highest BCUT2D eigenvalue weighted by Crippen LogP contribution is 2.38. The third-order valence-electron chi connectivity index (χ3n) is 4.37. The molecule has 0 bridgehead atoms. The lowest BCUT2D eigenvalue weighted by molar-refractivity contribution is -0.119. The number of hydrogen-bond acceptors (Lipinski definition) is 2. The number of halogens is 1. The Morgan fingerprint density at radius 2 is 1.96 bits per heavy atom. The average Bonchev–Trinajstić information content (AvgIpc) is 2.77. The zero-order chi connectivity index (χ0) is 17.3. The van der Waals surface area contributed by atoms with E-state index >= 15 is 0 Å². The molecule has 2 amide bonds. The Kier molecular flexibility index (Phi) is 4.33. The minimum absolute atomic E-state index is 0.0281. The molecular formula is C19H19ClN2O2. The van der Waals surface area contributed by atoms with Gasteiger partial charge in [0.15, 0.2) is 0 Å². The Bertz CT molecular complexity index is 815. The van der Waals surface area contributed by atoms with Crippen LogP contribution in [0.15, 0.2) is 42.5 Å². The lowest BCUT2D eigenvalue weighted by Crippen LogP contribution is -2.26. The number of benzene rings is 2. The van der Waals surface area contributed by atoms with Crippen molar-refractivity contribution in [2.75, 3.05) is 10.6 Å². The molecule has 3 rings (SSSR count). The number of carbonyl (C=O) groups excluding carboxylic acids is 2. The summed E-state index contributed by atoms with van der Waals surface area (Å²) in [5.74, 6) is -0.107. The molecule has 0 saturated heterocycles. The number of anilines is 2. The first-order valence-corrected chi connectivity index (χ1v) is 8.25. The molecule has 0 aromatic heterocycles. The summed E-state index contributed by atoms with van der Waals surface area (Å²) < 4.78 is 0. The topological polar surface area (TPSA) is 58.2 Å². The summed E-state index contributed by atoms with van der Waals surface area (Å²) in [6.45, 7) is 3.74. The molecule has 0 spiro atoms. The molecule has 24 heavy (non-hydrogen) atoms. The second-order valence-electron chi connectivity index (χ2n) is 6.48. The minimum atomic E-state index is -0.590. The van der Waals surface area contributed by atoms with Gasteiger partial charge in [-0.05, 0) is 55.7 Å². The van der Waals surface area contributed by atoms with Crippen LogP contribution in [0.25, 0.3) is 0 Å². The predicted molar refractivity (Wildman–Crippen MR) is 96.5 cm³/mol. The Balaban J connectivity index is 1.67. The summed E-state index contributed by atoms with van der Waals surface area (Å²) >= 11 is 6.11. The van der Waals surface area contributed by atoms with E-state index in [1.165, 1.54) is 0 Å². The maximum absolute atomic E-state index is 12.2. The van der Waals surface area contributed by atoms with Crippen LogP contribution in [0.2, 0.25) is 5.02 Å². The quantitative estimate of drug-likeness (QED) is 0.877. The van der Waals surface area contributed by atoms with Gasteiger partial charge in [0.25, 0.3) is 0 Å². The van der Waals surface area contributed by atoms with Crippen molar-refractivity contribution in [1.82, 2.24) is 0 Å². The van der Waals surface area contributed by atoms with Gasteiger partial charge in [-0.3, -0.25) is 9.59 Å². The van der Waals surface area contributed by atoms with Crippen LogP contribution in [0.4, 0.5) is 11.4 Å². The smallest absolute Gasteiger partial charge is 0.234 e. The van der Waals surface area contributed by atoms with Crippen molar-refractivity contribution in [1.29, 1.82) is 0 Å². The van der Waals surface area contributed by atoms with Crippen molar-refractivity contribution < 1.29 is 9.59 Å². The fraction of sp³-hybridized carbons (Fsp3) is 0.263. The van der Waals surface area contributed by atoms with Gasteiger partial charge < -0.3 is 10.6 Å². The Hall–Kier alpha value is -2.33. The number of aryl methyl sites for hydroxylation is 1. The van der Waals surface area contributed by atoms with Crippen molar-refractivity contribution in [2.24, 2.45) is 0 Å². The molecule has 5 heteroatoms. The molecule has 0 unspecified atom stereocenters. The van der Waals surface area contributed by atoms with Crippen LogP contribution in [-0.2, 0) is 21.4 Å². The normalized spacial score (nSPS) is 14.9. The van der Waals surface area contributed by atoms with E-state index in [-0.39, 0.29) is 11.8 Å². The van der Waals surface area contributed by atoms with E-state index in [0.29, 0.717) is 23.6 Å². The second kappa shape index (κ2) is 6.29. The van der Waals surface area contributed by atoms with E-state index < -0.39 is 5.41 Å². The molecule has 4 nitrogen and oxygen atoms in total. The number of carbonyl (C=O) groups is 2. The maximum Gasteiger partial charge on any atom is 0.234 e. The van der Waals surface area contributed by atoms with Crippen molar-refractivity contribution >= 4 is 34.8 Å². The fourth-order valence-electron chi connectivity index (χ4n) is 2.82. The highest BCUT2D eigenvalue weighted by atomic mass is 35.5. The molecular weight excluding hydrogens is 324 g/mol. The summed E-state index contributed by atoms with van der Waals surface area (Å²) in [6.07, 6.45) is 0.934. The SMILES string of the molecule is CC1(C)C(=O)Nc2ccc(NC(=O)CCc3ccccc3Cl)cc21. The lowest BCUT2D eigenvalue weighted by Gasteiger charge is -2.16. The first kappa shape index (κ1) is 16.5. The van der Waals surface area contributed by atoms with E-state index in [2.05, 4.69) is 10.6 Å². The molecule has 0 radical (unpaired) electrons. The zero-order valence-electron chi connectivity index (χ0n) is 13.7. The van der Waals surface area contributed by atoms with E-state index in [4.69, 9.17) is 11.6 Å². The first-order valence-electron chi connectivity index (χ1n) is 7.87. The van der Waals surface area contributed by atoms with Crippen LogP contribution in [0.1, 0.15) is 31.4 Å². The molecule has 124 valence electrons. The van der Waals surface area contributed by atoms with Gasteiger partial charge >= 0.3 is 0 Å². The standard InChI is InChI=1S/C19H19ClN2O2/c1-19(2)14-11-13(8-9-16(14)22-18(19)24)21-17(23)10-7-12-5-3-4-6-15(12)20/h3-6,8-9,11H,7,10H2,1-2H3,(H,21,23)(H,22,24). The van der Waals surface area contributed by atoms with Crippen molar-refractivity contribution in [2.45, 2.75) is 32.1 Å². The van der Waals surface area contributed by atoms with Crippen molar-refractivity contribution in [3.8, 4) is 0 Å². The molecule has 2 N–H and O–H groups in total. The summed E-state index contributed by atoms with van der Waals surface area (Å²) in [4.78, 5) is 24.2. The highest BCUT2D eigenvalue weighted by molar-refractivity contribution is 6.31. The van der Waals surface area contributed by atoms with Crippen LogP contribution >= 0.6 is 11.6 Å². The zero-order valence-corrected chi connectivity index (χ0v) is 14.4. The summed E-state index contributed by atoms with van der Waals surface area (Å²) in [7, 11) is 0. The third kappa shape index (κ3) is 3.15. The van der Waals surface area contributed by atoms with Gasteiger partial charge in [0.05, 0.1) is 5.41 Å². The molecule has 0 aliphatic carbocycles. The highest BCUT2D eigenvalue weighted by Gasteiger charge is 2.38. The molecule has 0 atom stereocenters. The van der Waals surface area contributed by atoms with Crippen LogP contribution in [0.3, 0.4) is 0 Å². The van der Waals surface area contributed by atoms with E-state index in [9.17, 15) is 9.59 Å². The predicted octanol–water partition coefficient (Wildman–Crippen LogP) is 4.14. The van der Waals surface area contributed by atoms with Gasteiger partial charge in [0.2, 0.25) is 11.8 Å². The molecule has 0 saturated carbocycles. The van der Waals surface area contributed by atoms with Gasteiger partial charge in [0, 0.05) is 22.8 Å². The molecule has 1 aliphatic rings. The Morgan fingerprint density at radius 1 is 1.21 bits per heavy atom. The maximum atomic E-state index is 12.2. The van der Waals surface area contributed by atoms with Crippen molar-refractivity contribution in [3.63, 3.8) is 0 Å². The summed E-state index contributed by atoms with van der Waals surface area (Å²) in [5.41, 5.74) is 2.77. The Labute approximate surface area is 146 Å².